The second-order valence-electron chi connectivity index (χ2n) is 5.68. The minimum atomic E-state index is -0.375. The minimum Gasteiger partial charge on any atom is -0.326 e. The minimum absolute atomic E-state index is 0.0263. The van der Waals surface area contributed by atoms with E-state index in [1.54, 1.807) is 42.5 Å². The van der Waals surface area contributed by atoms with Crippen LogP contribution in [0, 0.1) is 5.92 Å². The molecule has 0 saturated heterocycles. The van der Waals surface area contributed by atoms with Crippen LogP contribution in [0.2, 0.25) is 10.0 Å². The lowest BCUT2D eigenvalue weighted by atomic mass is 10.2. The summed E-state index contributed by atoms with van der Waals surface area (Å²) in [6.45, 7) is 0. The zero-order valence-corrected chi connectivity index (χ0v) is 14.6. The topological polar surface area (TPSA) is 70.6 Å². The second kappa shape index (κ2) is 7.68. The van der Waals surface area contributed by atoms with E-state index in [0.717, 1.165) is 12.8 Å². The highest BCUT2D eigenvalue weighted by Crippen LogP contribution is 2.30. The molecule has 3 rings (SSSR count). The summed E-state index contributed by atoms with van der Waals surface area (Å²) in [6, 6.07) is 11.7. The van der Waals surface area contributed by atoms with Crippen LogP contribution in [0.5, 0.6) is 0 Å². The molecule has 0 heterocycles. The van der Waals surface area contributed by atoms with E-state index in [1.807, 2.05) is 0 Å². The van der Waals surface area contributed by atoms with Crippen LogP contribution >= 0.6 is 23.2 Å². The van der Waals surface area contributed by atoms with Crippen molar-refractivity contribution in [2.24, 2.45) is 11.0 Å². The van der Waals surface area contributed by atoms with Gasteiger partial charge in [0.25, 0.3) is 5.91 Å². The standard InChI is InChI=1S/C18H15Cl2N3O2/c19-15-2-1-3-16(20)14(15)10-21-23-18(25)12-6-8-13(9-7-12)22-17(24)11-4-5-11/h1-3,6-11H,4-5H2,(H,22,24)(H,23,25)/b21-10+. The number of carbonyl (C=O) groups is 2. The van der Waals surface area contributed by atoms with Crippen LogP contribution in [0.15, 0.2) is 47.6 Å². The fourth-order valence-electron chi connectivity index (χ4n) is 2.15. The predicted molar refractivity (Wildman–Crippen MR) is 99.3 cm³/mol. The van der Waals surface area contributed by atoms with Crippen molar-refractivity contribution in [2.45, 2.75) is 12.8 Å². The van der Waals surface area contributed by atoms with Gasteiger partial charge in [0.2, 0.25) is 5.91 Å². The summed E-state index contributed by atoms with van der Waals surface area (Å²) in [6.07, 6.45) is 3.28. The lowest BCUT2D eigenvalue weighted by Gasteiger charge is -2.05. The lowest BCUT2D eigenvalue weighted by molar-refractivity contribution is -0.117. The Balaban J connectivity index is 1.59. The van der Waals surface area contributed by atoms with Crippen molar-refractivity contribution in [3.8, 4) is 0 Å². The van der Waals surface area contributed by atoms with E-state index in [4.69, 9.17) is 23.2 Å². The molecule has 2 N–H and O–H groups in total. The first-order valence-electron chi connectivity index (χ1n) is 7.73. The number of nitrogens with zero attached hydrogens (tertiary/aromatic N) is 1. The van der Waals surface area contributed by atoms with E-state index in [1.165, 1.54) is 6.21 Å². The molecule has 0 atom stereocenters. The van der Waals surface area contributed by atoms with Crippen LogP contribution < -0.4 is 10.7 Å². The van der Waals surface area contributed by atoms with Gasteiger partial charge in [0.15, 0.2) is 0 Å². The third kappa shape index (κ3) is 4.59. The zero-order chi connectivity index (χ0) is 17.8. The van der Waals surface area contributed by atoms with Crippen LogP contribution in [0.25, 0.3) is 0 Å². The smallest absolute Gasteiger partial charge is 0.271 e. The van der Waals surface area contributed by atoms with E-state index >= 15 is 0 Å². The number of benzene rings is 2. The first-order valence-corrected chi connectivity index (χ1v) is 8.48. The number of amides is 2. The van der Waals surface area contributed by atoms with Gasteiger partial charge in [-0.3, -0.25) is 9.59 Å². The highest BCUT2D eigenvalue weighted by molar-refractivity contribution is 6.38. The zero-order valence-electron chi connectivity index (χ0n) is 13.1. The fraction of sp³-hybridized carbons (Fsp3) is 0.167. The first kappa shape index (κ1) is 17.5. The van der Waals surface area contributed by atoms with Crippen LogP contribution in [-0.4, -0.2) is 18.0 Å². The fourth-order valence-corrected chi connectivity index (χ4v) is 2.64. The maximum atomic E-state index is 12.1. The maximum Gasteiger partial charge on any atom is 0.271 e. The summed E-state index contributed by atoms with van der Waals surface area (Å²) in [4.78, 5) is 23.8. The number of rotatable bonds is 5. The molecule has 2 aromatic rings. The molecular weight excluding hydrogens is 361 g/mol. The Kier molecular flexibility index (Phi) is 5.36. The molecule has 7 heteroatoms. The third-order valence-corrected chi connectivity index (χ3v) is 4.38. The number of anilines is 1. The van der Waals surface area contributed by atoms with Crippen molar-refractivity contribution in [2.75, 3.05) is 5.32 Å². The highest BCUT2D eigenvalue weighted by atomic mass is 35.5. The van der Waals surface area contributed by atoms with Gasteiger partial charge < -0.3 is 5.32 Å². The van der Waals surface area contributed by atoms with Gasteiger partial charge in [0.05, 0.1) is 16.3 Å². The first-order chi connectivity index (χ1) is 12.0. The molecule has 0 unspecified atom stereocenters. The van der Waals surface area contributed by atoms with E-state index in [9.17, 15) is 9.59 Å². The third-order valence-electron chi connectivity index (χ3n) is 3.72. The van der Waals surface area contributed by atoms with Gasteiger partial charge in [-0.25, -0.2) is 5.43 Å². The molecule has 0 bridgehead atoms. The highest BCUT2D eigenvalue weighted by Gasteiger charge is 2.29. The van der Waals surface area contributed by atoms with E-state index in [0.29, 0.717) is 26.9 Å². The largest absolute Gasteiger partial charge is 0.326 e. The number of halogens is 2. The quantitative estimate of drug-likeness (QED) is 0.609. The number of nitrogens with one attached hydrogen (secondary N) is 2. The second-order valence-corrected chi connectivity index (χ2v) is 6.49. The number of carbonyl (C=O) groups excluding carboxylic acids is 2. The van der Waals surface area contributed by atoms with Crippen molar-refractivity contribution < 1.29 is 9.59 Å². The Morgan fingerprint density at radius 1 is 1.04 bits per heavy atom. The maximum absolute atomic E-state index is 12.1. The molecule has 0 radical (unpaired) electrons. The van der Waals surface area contributed by atoms with Gasteiger partial charge in [-0.05, 0) is 49.2 Å². The molecule has 2 amide bonds. The Bertz CT molecular complexity index is 810. The lowest BCUT2D eigenvalue weighted by Crippen LogP contribution is -2.18. The van der Waals surface area contributed by atoms with Crippen molar-refractivity contribution in [1.82, 2.24) is 5.43 Å². The van der Waals surface area contributed by atoms with Crippen LogP contribution in [0.3, 0.4) is 0 Å². The molecule has 0 aromatic heterocycles. The molecular formula is C18H15Cl2N3O2. The van der Waals surface area contributed by atoms with Gasteiger partial charge >= 0.3 is 0 Å². The van der Waals surface area contributed by atoms with Crippen LogP contribution in [0.1, 0.15) is 28.8 Å². The van der Waals surface area contributed by atoms with Gasteiger partial charge in [-0.1, -0.05) is 29.3 Å². The van der Waals surface area contributed by atoms with Gasteiger partial charge in [-0.15, -0.1) is 0 Å². The summed E-state index contributed by atoms with van der Waals surface area (Å²) in [5, 5.41) is 7.59. The van der Waals surface area contributed by atoms with Crippen molar-refractivity contribution >= 4 is 46.9 Å². The number of hydrazone groups is 1. The Morgan fingerprint density at radius 2 is 1.68 bits per heavy atom. The summed E-state index contributed by atoms with van der Waals surface area (Å²) in [5.74, 6) is -0.216. The Morgan fingerprint density at radius 3 is 2.28 bits per heavy atom. The molecule has 128 valence electrons. The SMILES string of the molecule is O=C(N/N=C/c1c(Cl)cccc1Cl)c1ccc(NC(=O)C2CC2)cc1. The van der Waals surface area contributed by atoms with Gasteiger partial charge in [0, 0.05) is 22.7 Å². The van der Waals surface area contributed by atoms with Crippen LogP contribution in [-0.2, 0) is 4.79 Å². The van der Waals surface area contributed by atoms with Gasteiger partial charge in [-0.2, -0.15) is 5.10 Å². The summed E-state index contributed by atoms with van der Waals surface area (Å²) >= 11 is 12.0. The normalized spacial score (nSPS) is 13.7. The summed E-state index contributed by atoms with van der Waals surface area (Å²) in [7, 11) is 0. The van der Waals surface area contributed by atoms with E-state index in [-0.39, 0.29) is 17.7 Å². The predicted octanol–water partition coefficient (Wildman–Crippen LogP) is 4.11. The number of hydrogen-bond donors (Lipinski definition) is 2. The molecule has 2 aromatic carbocycles. The number of hydrogen-bond acceptors (Lipinski definition) is 3. The average molecular weight is 376 g/mol. The van der Waals surface area contributed by atoms with Crippen molar-refractivity contribution in [3.63, 3.8) is 0 Å². The monoisotopic (exact) mass is 375 g/mol. The summed E-state index contributed by atoms with van der Waals surface area (Å²) < 4.78 is 0. The van der Waals surface area contributed by atoms with E-state index in [2.05, 4.69) is 15.8 Å². The van der Waals surface area contributed by atoms with Crippen molar-refractivity contribution in [3.05, 3.63) is 63.6 Å². The molecule has 1 saturated carbocycles. The average Bonchev–Trinajstić information content (AvgIpc) is 3.43. The molecule has 0 aliphatic heterocycles. The Labute approximate surface area is 155 Å². The van der Waals surface area contributed by atoms with Gasteiger partial charge in [0.1, 0.15) is 0 Å². The molecule has 1 fully saturated rings. The summed E-state index contributed by atoms with van der Waals surface area (Å²) in [5.41, 5.74) is 4.04. The van der Waals surface area contributed by atoms with Crippen molar-refractivity contribution in [1.29, 1.82) is 0 Å². The molecule has 1 aliphatic rings. The Hall–Kier alpha value is -2.37. The molecule has 0 spiro atoms. The molecule has 25 heavy (non-hydrogen) atoms. The molecule has 5 nitrogen and oxygen atoms in total. The van der Waals surface area contributed by atoms with E-state index < -0.39 is 0 Å². The van der Waals surface area contributed by atoms with Crippen LogP contribution in [0.4, 0.5) is 5.69 Å². The molecule has 1 aliphatic carbocycles.